The van der Waals surface area contributed by atoms with Gasteiger partial charge in [0.05, 0.1) is 0 Å². The van der Waals surface area contributed by atoms with Crippen molar-refractivity contribution in [3.63, 3.8) is 0 Å². The standard InChI is InChI=1S/C9H20BrNO/c1-3-11(8-6-10)7-5-9-12-4-2/h3-9H2,1-2H3. The Kier molecular flexibility index (Phi) is 9.80. The molecular weight excluding hydrogens is 218 g/mol. The van der Waals surface area contributed by atoms with E-state index in [0.29, 0.717) is 0 Å². The van der Waals surface area contributed by atoms with Crippen LogP contribution in [-0.2, 0) is 4.74 Å². The molecule has 0 aromatic rings. The molecule has 0 fully saturated rings. The maximum absolute atomic E-state index is 5.27. The highest BCUT2D eigenvalue weighted by molar-refractivity contribution is 9.09. The zero-order valence-corrected chi connectivity index (χ0v) is 9.77. The van der Waals surface area contributed by atoms with E-state index in [9.17, 15) is 0 Å². The van der Waals surface area contributed by atoms with E-state index in [4.69, 9.17) is 4.74 Å². The fraction of sp³-hybridized carbons (Fsp3) is 1.00. The Balaban J connectivity index is 3.19. The number of ether oxygens (including phenoxy) is 1. The highest BCUT2D eigenvalue weighted by atomic mass is 79.9. The average molecular weight is 238 g/mol. The average Bonchev–Trinajstić information content (AvgIpc) is 2.10. The van der Waals surface area contributed by atoms with E-state index in [1.807, 2.05) is 6.92 Å². The molecule has 0 saturated carbocycles. The lowest BCUT2D eigenvalue weighted by atomic mass is 10.4. The van der Waals surface area contributed by atoms with Crippen molar-refractivity contribution < 1.29 is 4.74 Å². The monoisotopic (exact) mass is 237 g/mol. The molecule has 12 heavy (non-hydrogen) atoms. The summed E-state index contributed by atoms with van der Waals surface area (Å²) < 4.78 is 5.27. The van der Waals surface area contributed by atoms with Crippen LogP contribution in [0.3, 0.4) is 0 Å². The second kappa shape index (κ2) is 9.49. The summed E-state index contributed by atoms with van der Waals surface area (Å²) in [7, 11) is 0. The van der Waals surface area contributed by atoms with Gasteiger partial charge in [-0.25, -0.2) is 0 Å². The van der Waals surface area contributed by atoms with Gasteiger partial charge in [-0.3, -0.25) is 0 Å². The van der Waals surface area contributed by atoms with Crippen LogP contribution in [0.2, 0.25) is 0 Å². The fourth-order valence-corrected chi connectivity index (χ4v) is 1.58. The van der Waals surface area contributed by atoms with Gasteiger partial charge in [-0.05, 0) is 19.9 Å². The minimum atomic E-state index is 0.838. The third-order valence-electron chi connectivity index (χ3n) is 1.82. The molecule has 0 amide bonds. The maximum atomic E-state index is 5.27. The van der Waals surface area contributed by atoms with Crippen LogP contribution in [-0.4, -0.2) is 43.1 Å². The summed E-state index contributed by atoms with van der Waals surface area (Å²) in [6.45, 7) is 9.40. The van der Waals surface area contributed by atoms with E-state index < -0.39 is 0 Å². The lowest BCUT2D eigenvalue weighted by Crippen LogP contribution is -2.27. The molecule has 0 aromatic carbocycles. The molecule has 0 heterocycles. The Hall–Kier alpha value is 0.400. The quantitative estimate of drug-likeness (QED) is 0.474. The Morgan fingerprint density at radius 3 is 2.50 bits per heavy atom. The van der Waals surface area contributed by atoms with Crippen molar-refractivity contribution in [1.82, 2.24) is 4.90 Å². The van der Waals surface area contributed by atoms with Crippen LogP contribution >= 0.6 is 15.9 Å². The lowest BCUT2D eigenvalue weighted by molar-refractivity contribution is 0.134. The van der Waals surface area contributed by atoms with Gasteiger partial charge < -0.3 is 9.64 Å². The first kappa shape index (κ1) is 12.4. The second-order valence-electron chi connectivity index (χ2n) is 2.67. The Morgan fingerprint density at radius 1 is 1.25 bits per heavy atom. The van der Waals surface area contributed by atoms with Crippen molar-refractivity contribution in [2.75, 3.05) is 38.2 Å². The van der Waals surface area contributed by atoms with Crippen LogP contribution in [0.1, 0.15) is 20.3 Å². The van der Waals surface area contributed by atoms with Gasteiger partial charge in [-0.2, -0.15) is 0 Å². The molecule has 0 aliphatic rings. The smallest absolute Gasteiger partial charge is 0.0478 e. The van der Waals surface area contributed by atoms with Crippen molar-refractivity contribution >= 4 is 15.9 Å². The Labute approximate surface area is 84.4 Å². The topological polar surface area (TPSA) is 12.5 Å². The Morgan fingerprint density at radius 2 is 2.00 bits per heavy atom. The Bertz CT molecular complexity index is 90.6. The zero-order valence-electron chi connectivity index (χ0n) is 8.18. The minimum Gasteiger partial charge on any atom is -0.382 e. The molecule has 0 N–H and O–H groups in total. The predicted octanol–water partition coefficient (Wildman–Crippen LogP) is 2.13. The first-order valence-corrected chi connectivity index (χ1v) is 5.83. The van der Waals surface area contributed by atoms with E-state index in [1.165, 1.54) is 0 Å². The molecule has 0 aliphatic heterocycles. The summed E-state index contributed by atoms with van der Waals surface area (Å²) >= 11 is 3.44. The summed E-state index contributed by atoms with van der Waals surface area (Å²) in [4.78, 5) is 2.42. The molecule has 0 atom stereocenters. The first-order valence-electron chi connectivity index (χ1n) is 4.71. The third-order valence-corrected chi connectivity index (χ3v) is 2.17. The van der Waals surface area contributed by atoms with Crippen molar-refractivity contribution in [2.24, 2.45) is 0 Å². The number of rotatable bonds is 8. The molecular formula is C9H20BrNO. The maximum Gasteiger partial charge on any atom is 0.0478 e. The molecule has 3 heteroatoms. The number of nitrogens with zero attached hydrogens (tertiary/aromatic N) is 1. The largest absolute Gasteiger partial charge is 0.382 e. The number of hydrogen-bond donors (Lipinski definition) is 0. The first-order chi connectivity index (χ1) is 5.85. The summed E-state index contributed by atoms with van der Waals surface area (Å²) in [5.74, 6) is 0. The van der Waals surface area contributed by atoms with Gasteiger partial charge in [-0.1, -0.05) is 22.9 Å². The van der Waals surface area contributed by atoms with Gasteiger partial charge >= 0.3 is 0 Å². The number of halogens is 1. The van der Waals surface area contributed by atoms with Gasteiger partial charge in [0, 0.05) is 31.6 Å². The molecule has 0 rings (SSSR count). The van der Waals surface area contributed by atoms with Gasteiger partial charge in [0.1, 0.15) is 0 Å². The molecule has 0 bridgehead atoms. The van der Waals surface area contributed by atoms with E-state index in [1.54, 1.807) is 0 Å². The summed E-state index contributed by atoms with van der Waals surface area (Å²) in [6.07, 6.45) is 1.15. The highest BCUT2D eigenvalue weighted by Crippen LogP contribution is 1.93. The van der Waals surface area contributed by atoms with Gasteiger partial charge in [0.15, 0.2) is 0 Å². The summed E-state index contributed by atoms with van der Waals surface area (Å²) in [5.41, 5.74) is 0. The van der Waals surface area contributed by atoms with Crippen molar-refractivity contribution in [3.05, 3.63) is 0 Å². The van der Waals surface area contributed by atoms with Crippen LogP contribution in [0.5, 0.6) is 0 Å². The molecule has 74 valence electrons. The molecule has 0 aliphatic carbocycles. The molecule has 0 unspecified atom stereocenters. The van der Waals surface area contributed by atoms with E-state index in [-0.39, 0.29) is 0 Å². The van der Waals surface area contributed by atoms with Gasteiger partial charge in [0.2, 0.25) is 0 Å². The van der Waals surface area contributed by atoms with Gasteiger partial charge in [0.25, 0.3) is 0 Å². The third kappa shape index (κ3) is 7.07. The number of alkyl halides is 1. The summed E-state index contributed by atoms with van der Waals surface area (Å²) in [6, 6.07) is 0. The van der Waals surface area contributed by atoms with Crippen LogP contribution in [0.4, 0.5) is 0 Å². The van der Waals surface area contributed by atoms with E-state index >= 15 is 0 Å². The molecule has 0 aromatic heterocycles. The van der Waals surface area contributed by atoms with Crippen LogP contribution < -0.4 is 0 Å². The minimum absolute atomic E-state index is 0.838. The lowest BCUT2D eigenvalue weighted by Gasteiger charge is -2.18. The molecule has 2 nitrogen and oxygen atoms in total. The fourth-order valence-electron chi connectivity index (χ4n) is 1.08. The van der Waals surface area contributed by atoms with Crippen LogP contribution in [0.15, 0.2) is 0 Å². The van der Waals surface area contributed by atoms with Crippen molar-refractivity contribution in [2.45, 2.75) is 20.3 Å². The zero-order chi connectivity index (χ0) is 9.23. The van der Waals surface area contributed by atoms with Crippen molar-refractivity contribution in [3.8, 4) is 0 Å². The van der Waals surface area contributed by atoms with Crippen molar-refractivity contribution in [1.29, 1.82) is 0 Å². The number of hydrogen-bond acceptors (Lipinski definition) is 2. The predicted molar refractivity (Wildman–Crippen MR) is 57.0 cm³/mol. The SMILES string of the molecule is CCOCCCN(CC)CCBr. The van der Waals surface area contributed by atoms with Gasteiger partial charge in [-0.15, -0.1) is 0 Å². The molecule has 0 saturated heterocycles. The van der Waals surface area contributed by atoms with E-state index in [0.717, 1.165) is 44.6 Å². The van der Waals surface area contributed by atoms with Crippen LogP contribution in [0.25, 0.3) is 0 Å². The van der Waals surface area contributed by atoms with Crippen LogP contribution in [0, 0.1) is 0 Å². The molecule has 0 spiro atoms. The normalized spacial score (nSPS) is 11.0. The summed E-state index contributed by atoms with van der Waals surface area (Å²) in [5, 5.41) is 1.06. The van der Waals surface area contributed by atoms with E-state index in [2.05, 4.69) is 27.8 Å². The second-order valence-corrected chi connectivity index (χ2v) is 3.47. The highest BCUT2D eigenvalue weighted by Gasteiger charge is 1.99. The molecule has 0 radical (unpaired) electrons.